The van der Waals surface area contributed by atoms with E-state index in [1.165, 1.54) is 18.0 Å². The molecule has 162 valence electrons. The van der Waals surface area contributed by atoms with Crippen molar-refractivity contribution in [2.24, 2.45) is 0 Å². The number of rotatable bonds is 8. The predicted octanol–water partition coefficient (Wildman–Crippen LogP) is 0.999. The third-order valence-electron chi connectivity index (χ3n) is 5.43. The van der Waals surface area contributed by atoms with Gasteiger partial charge in [-0.2, -0.15) is 5.10 Å². The number of carbonyl (C=O) groups excluding carboxylic acids is 2. The molecule has 2 aromatic rings. The van der Waals surface area contributed by atoms with Crippen LogP contribution in [-0.2, 0) is 4.74 Å². The van der Waals surface area contributed by atoms with Gasteiger partial charge in [0.25, 0.3) is 5.91 Å². The molecule has 30 heavy (non-hydrogen) atoms. The second-order valence-electron chi connectivity index (χ2n) is 7.28. The van der Waals surface area contributed by atoms with Crippen LogP contribution in [0, 0.1) is 0 Å². The molecule has 9 nitrogen and oxygen atoms in total. The average molecular weight is 415 g/mol. The van der Waals surface area contributed by atoms with E-state index in [0.29, 0.717) is 17.8 Å². The molecule has 0 radical (unpaired) electrons. The topological polar surface area (TPSA) is 106 Å². The number of methoxy groups -OCH3 is 1. The van der Waals surface area contributed by atoms with Crippen LogP contribution in [0.25, 0.3) is 5.69 Å². The van der Waals surface area contributed by atoms with Gasteiger partial charge in [-0.15, -0.1) is 0 Å². The number of amides is 1. The van der Waals surface area contributed by atoms with E-state index in [-0.39, 0.29) is 17.3 Å². The first-order valence-electron chi connectivity index (χ1n) is 10.3. The van der Waals surface area contributed by atoms with Gasteiger partial charge in [0.15, 0.2) is 0 Å². The Labute approximate surface area is 176 Å². The molecule has 1 fully saturated rings. The second-order valence-corrected chi connectivity index (χ2v) is 7.28. The summed E-state index contributed by atoms with van der Waals surface area (Å²) in [4.78, 5) is 29.0. The fourth-order valence-corrected chi connectivity index (χ4v) is 3.52. The third-order valence-corrected chi connectivity index (χ3v) is 5.43. The fraction of sp³-hybridized carbons (Fsp3) is 0.476. The molecule has 0 bridgehead atoms. The number of likely N-dealkylation sites (N-methyl/N-ethyl adjacent to an activating group) is 1. The summed E-state index contributed by atoms with van der Waals surface area (Å²) in [6, 6.07) is 6.92. The number of nitrogens with one attached hydrogen (secondary N) is 1. The minimum Gasteiger partial charge on any atom is -0.465 e. The Kier molecular flexibility index (Phi) is 7.42. The quantitative estimate of drug-likeness (QED) is 0.490. The maximum absolute atomic E-state index is 12.4. The first kappa shape index (κ1) is 21.8. The van der Waals surface area contributed by atoms with Crippen LogP contribution < -0.4 is 11.1 Å². The zero-order valence-electron chi connectivity index (χ0n) is 17.6. The van der Waals surface area contributed by atoms with Gasteiger partial charge in [-0.3, -0.25) is 4.79 Å². The molecule has 3 N–H and O–H groups in total. The summed E-state index contributed by atoms with van der Waals surface area (Å²) in [5, 5.41) is 7.10. The maximum atomic E-state index is 12.4. The largest absolute Gasteiger partial charge is 0.465 e. The highest BCUT2D eigenvalue weighted by Crippen LogP contribution is 2.18. The number of piperazine rings is 1. The Morgan fingerprint density at radius 3 is 2.43 bits per heavy atom. The smallest absolute Gasteiger partial charge is 0.343 e. The van der Waals surface area contributed by atoms with Crippen molar-refractivity contribution in [3.8, 4) is 5.69 Å². The average Bonchev–Trinajstić information content (AvgIpc) is 3.17. The van der Waals surface area contributed by atoms with Crippen LogP contribution in [-0.4, -0.2) is 84.4 Å². The first-order chi connectivity index (χ1) is 14.5. The highest BCUT2D eigenvalue weighted by Gasteiger charge is 2.17. The van der Waals surface area contributed by atoms with E-state index in [0.717, 1.165) is 45.7 Å². The Balaban J connectivity index is 1.47. The van der Waals surface area contributed by atoms with Gasteiger partial charge in [0.05, 0.1) is 19.0 Å². The van der Waals surface area contributed by atoms with Crippen LogP contribution in [0.1, 0.15) is 34.1 Å². The van der Waals surface area contributed by atoms with Gasteiger partial charge in [0.1, 0.15) is 11.4 Å². The van der Waals surface area contributed by atoms with Gasteiger partial charge in [-0.25, -0.2) is 9.48 Å². The second kappa shape index (κ2) is 10.2. The number of esters is 1. The predicted molar refractivity (Wildman–Crippen MR) is 115 cm³/mol. The van der Waals surface area contributed by atoms with E-state index in [2.05, 4.69) is 31.9 Å². The van der Waals surface area contributed by atoms with Gasteiger partial charge < -0.3 is 25.6 Å². The van der Waals surface area contributed by atoms with Crippen molar-refractivity contribution in [2.45, 2.75) is 13.3 Å². The van der Waals surface area contributed by atoms with Crippen molar-refractivity contribution in [1.29, 1.82) is 0 Å². The fourth-order valence-electron chi connectivity index (χ4n) is 3.52. The van der Waals surface area contributed by atoms with Crippen LogP contribution in [0.3, 0.4) is 0 Å². The lowest BCUT2D eigenvalue weighted by atomic mass is 10.2. The third kappa shape index (κ3) is 5.17. The van der Waals surface area contributed by atoms with Gasteiger partial charge in [-0.1, -0.05) is 6.92 Å². The zero-order chi connectivity index (χ0) is 21.5. The molecule has 1 aromatic heterocycles. The van der Waals surface area contributed by atoms with Crippen molar-refractivity contribution in [3.63, 3.8) is 0 Å². The van der Waals surface area contributed by atoms with Crippen molar-refractivity contribution < 1.29 is 14.3 Å². The first-order valence-corrected chi connectivity index (χ1v) is 10.3. The summed E-state index contributed by atoms with van der Waals surface area (Å²) in [6.07, 6.45) is 2.29. The summed E-state index contributed by atoms with van der Waals surface area (Å²) < 4.78 is 6.12. The summed E-state index contributed by atoms with van der Waals surface area (Å²) in [5.41, 5.74) is 7.41. The molecule has 1 saturated heterocycles. The number of nitrogen functional groups attached to an aromatic ring is 1. The molecule has 9 heteroatoms. The van der Waals surface area contributed by atoms with E-state index < -0.39 is 5.97 Å². The molecular formula is C21H30N6O3. The molecule has 1 aromatic carbocycles. The number of hydrogen-bond acceptors (Lipinski definition) is 7. The molecule has 0 aliphatic carbocycles. The van der Waals surface area contributed by atoms with Crippen molar-refractivity contribution in [1.82, 2.24) is 24.9 Å². The van der Waals surface area contributed by atoms with E-state index in [1.54, 1.807) is 24.3 Å². The number of aromatic nitrogens is 2. The Morgan fingerprint density at radius 1 is 1.13 bits per heavy atom. The molecular weight excluding hydrogens is 384 g/mol. The highest BCUT2D eigenvalue weighted by atomic mass is 16.5. The van der Waals surface area contributed by atoms with Crippen molar-refractivity contribution in [2.75, 3.05) is 58.7 Å². The number of nitrogens with zero attached hydrogens (tertiary/aromatic N) is 4. The normalized spacial score (nSPS) is 15.1. The molecule has 0 saturated carbocycles. The summed E-state index contributed by atoms with van der Waals surface area (Å²) in [6.45, 7) is 9.38. The zero-order valence-corrected chi connectivity index (χ0v) is 17.6. The van der Waals surface area contributed by atoms with Gasteiger partial charge in [0, 0.05) is 38.3 Å². The maximum Gasteiger partial charge on any atom is 0.343 e. The molecule has 3 rings (SSSR count). The van der Waals surface area contributed by atoms with Gasteiger partial charge in [-0.05, 0) is 43.8 Å². The SMILES string of the molecule is CCN1CCN(CCCNC(=O)c2ccc(-n3ncc(C(=O)OC)c3N)cc2)CC1. The monoisotopic (exact) mass is 414 g/mol. The molecule has 2 heterocycles. The van der Waals surface area contributed by atoms with Crippen molar-refractivity contribution >= 4 is 17.7 Å². The standard InChI is InChI=1S/C21H30N6O3/c1-3-25-11-13-26(14-12-25)10-4-9-23-20(28)16-5-7-17(8-6-16)27-19(22)18(15-24-27)21(29)30-2/h5-8,15H,3-4,9-14,22H2,1-2H3,(H,23,28). The van der Waals surface area contributed by atoms with Crippen LogP contribution in [0.15, 0.2) is 30.5 Å². The summed E-state index contributed by atoms with van der Waals surface area (Å²) in [5.74, 6) is -0.457. The Morgan fingerprint density at radius 2 is 1.80 bits per heavy atom. The van der Waals surface area contributed by atoms with E-state index >= 15 is 0 Å². The Bertz CT molecular complexity index is 856. The minimum absolute atomic E-state index is 0.110. The van der Waals surface area contributed by atoms with Crippen LogP contribution >= 0.6 is 0 Å². The van der Waals surface area contributed by atoms with E-state index in [9.17, 15) is 9.59 Å². The Hall–Kier alpha value is -2.91. The molecule has 0 spiro atoms. The number of ether oxygens (including phenoxy) is 1. The van der Waals surface area contributed by atoms with Gasteiger partial charge in [0.2, 0.25) is 0 Å². The summed E-state index contributed by atoms with van der Waals surface area (Å²) in [7, 11) is 1.29. The lowest BCUT2D eigenvalue weighted by Crippen LogP contribution is -2.46. The summed E-state index contributed by atoms with van der Waals surface area (Å²) >= 11 is 0. The highest BCUT2D eigenvalue weighted by molar-refractivity contribution is 5.95. The lowest BCUT2D eigenvalue weighted by Gasteiger charge is -2.33. The van der Waals surface area contributed by atoms with E-state index in [4.69, 9.17) is 5.73 Å². The van der Waals surface area contributed by atoms with E-state index in [1.807, 2.05) is 0 Å². The lowest BCUT2D eigenvalue weighted by molar-refractivity contribution is 0.0601. The van der Waals surface area contributed by atoms with Crippen LogP contribution in [0.5, 0.6) is 0 Å². The molecule has 1 amide bonds. The minimum atomic E-state index is -0.540. The van der Waals surface area contributed by atoms with Gasteiger partial charge >= 0.3 is 5.97 Å². The molecule has 1 aliphatic heterocycles. The molecule has 0 atom stereocenters. The number of benzene rings is 1. The number of carbonyl (C=O) groups is 2. The number of hydrogen-bond donors (Lipinski definition) is 2. The van der Waals surface area contributed by atoms with Crippen LogP contribution in [0.2, 0.25) is 0 Å². The number of anilines is 1. The number of nitrogens with two attached hydrogens (primary N) is 1. The van der Waals surface area contributed by atoms with Crippen LogP contribution in [0.4, 0.5) is 5.82 Å². The molecule has 1 aliphatic rings. The molecule has 0 unspecified atom stereocenters. The van der Waals surface area contributed by atoms with Crippen molar-refractivity contribution in [3.05, 3.63) is 41.6 Å².